The van der Waals surface area contributed by atoms with Gasteiger partial charge in [0.1, 0.15) is 0 Å². The van der Waals surface area contributed by atoms with E-state index in [1.807, 2.05) is 13.8 Å². The predicted octanol–water partition coefficient (Wildman–Crippen LogP) is 1.77. The van der Waals surface area contributed by atoms with Crippen molar-refractivity contribution in [3.8, 4) is 0 Å². The summed E-state index contributed by atoms with van der Waals surface area (Å²) in [6, 6.07) is 0. The van der Waals surface area contributed by atoms with Gasteiger partial charge in [0, 0.05) is 25.6 Å². The zero-order chi connectivity index (χ0) is 12.5. The lowest BCUT2D eigenvalue weighted by molar-refractivity contribution is -0.0974. The summed E-state index contributed by atoms with van der Waals surface area (Å²) >= 11 is 0. The van der Waals surface area contributed by atoms with Gasteiger partial charge in [0.05, 0.1) is 11.2 Å². The summed E-state index contributed by atoms with van der Waals surface area (Å²) in [6.45, 7) is 6.70. The van der Waals surface area contributed by atoms with Gasteiger partial charge in [-0.2, -0.15) is 0 Å². The van der Waals surface area contributed by atoms with E-state index < -0.39 is 5.60 Å². The minimum atomic E-state index is -0.569. The van der Waals surface area contributed by atoms with Crippen LogP contribution in [0, 0.1) is 5.92 Å². The van der Waals surface area contributed by atoms with E-state index in [0.29, 0.717) is 5.92 Å². The number of aliphatic hydroxyl groups is 2. The maximum Gasteiger partial charge on any atom is 0.0700 e. The van der Waals surface area contributed by atoms with E-state index in [1.54, 1.807) is 0 Å². The Hall–Kier alpha value is -0.120. The molecule has 2 unspecified atom stereocenters. The first kappa shape index (κ1) is 13.3. The Kier molecular flexibility index (Phi) is 3.81. The van der Waals surface area contributed by atoms with E-state index in [0.717, 1.165) is 38.9 Å². The fraction of sp³-hybridized carbons (Fsp3) is 1.00. The SMILES string of the molecule is CC(C)(O)CCN1CCC2(O)CCCCC2C1. The Labute approximate surface area is 105 Å². The van der Waals surface area contributed by atoms with Crippen molar-refractivity contribution in [2.24, 2.45) is 5.92 Å². The lowest BCUT2D eigenvalue weighted by Crippen LogP contribution is -2.53. The van der Waals surface area contributed by atoms with E-state index in [2.05, 4.69) is 4.90 Å². The number of nitrogens with zero attached hydrogens (tertiary/aromatic N) is 1. The van der Waals surface area contributed by atoms with Crippen molar-refractivity contribution in [2.75, 3.05) is 19.6 Å². The molecule has 0 aromatic rings. The molecule has 0 radical (unpaired) electrons. The van der Waals surface area contributed by atoms with Crippen molar-refractivity contribution in [3.63, 3.8) is 0 Å². The average molecular weight is 241 g/mol. The lowest BCUT2D eigenvalue weighted by atomic mass is 9.71. The first-order valence-electron chi connectivity index (χ1n) is 7.06. The summed E-state index contributed by atoms with van der Waals surface area (Å²) in [7, 11) is 0. The van der Waals surface area contributed by atoms with Gasteiger partial charge in [0.15, 0.2) is 0 Å². The smallest absolute Gasteiger partial charge is 0.0700 e. The van der Waals surface area contributed by atoms with Crippen molar-refractivity contribution in [2.45, 2.75) is 63.6 Å². The molecule has 0 spiro atoms. The molecule has 1 saturated heterocycles. The van der Waals surface area contributed by atoms with Crippen molar-refractivity contribution in [1.29, 1.82) is 0 Å². The standard InChI is InChI=1S/C14H27NO2/c1-13(2,16)7-9-15-10-8-14(17)6-4-3-5-12(14)11-15/h12,16-17H,3-11H2,1-2H3. The second-order valence-electron chi connectivity index (χ2n) is 6.66. The first-order valence-corrected chi connectivity index (χ1v) is 7.06. The van der Waals surface area contributed by atoms with E-state index >= 15 is 0 Å². The van der Waals surface area contributed by atoms with Gasteiger partial charge in [0.2, 0.25) is 0 Å². The number of piperidine rings is 1. The molecule has 0 aromatic heterocycles. The second-order valence-corrected chi connectivity index (χ2v) is 6.66. The molecular formula is C14H27NO2. The predicted molar refractivity (Wildman–Crippen MR) is 68.9 cm³/mol. The number of rotatable bonds is 3. The topological polar surface area (TPSA) is 43.7 Å². The molecule has 1 aliphatic carbocycles. The summed E-state index contributed by atoms with van der Waals surface area (Å²) in [4.78, 5) is 2.42. The lowest BCUT2D eigenvalue weighted by Gasteiger charge is -2.47. The molecular weight excluding hydrogens is 214 g/mol. The van der Waals surface area contributed by atoms with Crippen LogP contribution >= 0.6 is 0 Å². The molecule has 0 aromatic carbocycles. The van der Waals surface area contributed by atoms with Gasteiger partial charge in [-0.15, -0.1) is 0 Å². The van der Waals surface area contributed by atoms with Crippen LogP contribution in [-0.4, -0.2) is 45.9 Å². The monoisotopic (exact) mass is 241 g/mol. The van der Waals surface area contributed by atoms with Crippen LogP contribution in [0.1, 0.15) is 52.4 Å². The molecule has 2 aliphatic rings. The van der Waals surface area contributed by atoms with Gasteiger partial charge in [0.25, 0.3) is 0 Å². The van der Waals surface area contributed by atoms with E-state index in [9.17, 15) is 10.2 Å². The van der Waals surface area contributed by atoms with Crippen LogP contribution in [-0.2, 0) is 0 Å². The number of fused-ring (bicyclic) bond motifs is 1. The van der Waals surface area contributed by atoms with Gasteiger partial charge in [-0.3, -0.25) is 0 Å². The maximum atomic E-state index is 10.6. The van der Waals surface area contributed by atoms with Crippen LogP contribution in [0.25, 0.3) is 0 Å². The quantitative estimate of drug-likeness (QED) is 0.791. The Morgan fingerprint density at radius 1 is 1.29 bits per heavy atom. The fourth-order valence-corrected chi connectivity index (χ4v) is 3.27. The van der Waals surface area contributed by atoms with Gasteiger partial charge >= 0.3 is 0 Å². The van der Waals surface area contributed by atoms with Gasteiger partial charge in [-0.1, -0.05) is 12.8 Å². The van der Waals surface area contributed by atoms with E-state index in [4.69, 9.17) is 0 Å². The Morgan fingerprint density at radius 3 is 2.76 bits per heavy atom. The third-order valence-electron chi connectivity index (χ3n) is 4.55. The van der Waals surface area contributed by atoms with E-state index in [-0.39, 0.29) is 5.60 Å². The Bertz CT molecular complexity index is 261. The molecule has 0 bridgehead atoms. The Morgan fingerprint density at radius 2 is 2.06 bits per heavy atom. The average Bonchev–Trinajstić information content (AvgIpc) is 2.25. The van der Waals surface area contributed by atoms with Crippen LogP contribution in [0.3, 0.4) is 0 Å². The summed E-state index contributed by atoms with van der Waals surface area (Å²) < 4.78 is 0. The minimum Gasteiger partial charge on any atom is -0.390 e. The highest BCUT2D eigenvalue weighted by molar-refractivity contribution is 4.95. The van der Waals surface area contributed by atoms with Gasteiger partial charge in [-0.05, 0) is 39.5 Å². The third-order valence-corrected chi connectivity index (χ3v) is 4.55. The molecule has 2 atom stereocenters. The maximum absolute atomic E-state index is 10.6. The van der Waals surface area contributed by atoms with Crippen LogP contribution < -0.4 is 0 Å². The molecule has 100 valence electrons. The summed E-state index contributed by atoms with van der Waals surface area (Å²) in [5.74, 6) is 0.465. The highest BCUT2D eigenvalue weighted by Gasteiger charge is 2.42. The van der Waals surface area contributed by atoms with Crippen LogP contribution in [0.15, 0.2) is 0 Å². The molecule has 2 rings (SSSR count). The molecule has 3 nitrogen and oxygen atoms in total. The fourth-order valence-electron chi connectivity index (χ4n) is 3.27. The Balaban J connectivity index is 1.85. The highest BCUT2D eigenvalue weighted by Crippen LogP contribution is 2.39. The van der Waals surface area contributed by atoms with Crippen LogP contribution in [0.4, 0.5) is 0 Å². The summed E-state index contributed by atoms with van der Waals surface area (Å²) in [5, 5.41) is 20.3. The second kappa shape index (κ2) is 4.87. The van der Waals surface area contributed by atoms with Crippen molar-refractivity contribution >= 4 is 0 Å². The molecule has 17 heavy (non-hydrogen) atoms. The number of hydrogen-bond acceptors (Lipinski definition) is 3. The first-order chi connectivity index (χ1) is 7.89. The van der Waals surface area contributed by atoms with Crippen LogP contribution in [0.5, 0.6) is 0 Å². The normalized spacial score (nSPS) is 35.6. The zero-order valence-corrected chi connectivity index (χ0v) is 11.3. The van der Waals surface area contributed by atoms with E-state index in [1.165, 1.54) is 19.3 Å². The minimum absolute atomic E-state index is 0.372. The summed E-state index contributed by atoms with van der Waals surface area (Å²) in [6.07, 6.45) is 6.37. The number of likely N-dealkylation sites (tertiary alicyclic amines) is 1. The third kappa shape index (κ3) is 3.43. The molecule has 1 saturated carbocycles. The van der Waals surface area contributed by atoms with Crippen LogP contribution in [0.2, 0.25) is 0 Å². The molecule has 1 aliphatic heterocycles. The summed E-state index contributed by atoms with van der Waals surface area (Å²) in [5.41, 5.74) is -0.941. The zero-order valence-electron chi connectivity index (χ0n) is 11.3. The van der Waals surface area contributed by atoms with Crippen molar-refractivity contribution < 1.29 is 10.2 Å². The largest absolute Gasteiger partial charge is 0.390 e. The van der Waals surface area contributed by atoms with Crippen molar-refractivity contribution in [3.05, 3.63) is 0 Å². The molecule has 0 amide bonds. The molecule has 2 fully saturated rings. The molecule has 2 N–H and O–H groups in total. The van der Waals surface area contributed by atoms with Gasteiger partial charge in [-0.25, -0.2) is 0 Å². The number of hydrogen-bond donors (Lipinski definition) is 2. The highest BCUT2D eigenvalue weighted by atomic mass is 16.3. The van der Waals surface area contributed by atoms with Crippen molar-refractivity contribution in [1.82, 2.24) is 4.90 Å². The van der Waals surface area contributed by atoms with Gasteiger partial charge < -0.3 is 15.1 Å². The molecule has 3 heteroatoms. The molecule has 1 heterocycles.